The van der Waals surface area contributed by atoms with Crippen molar-refractivity contribution >= 4 is 5.91 Å². The van der Waals surface area contributed by atoms with Gasteiger partial charge in [-0.25, -0.2) is 0 Å². The lowest BCUT2D eigenvalue weighted by atomic mass is 9.71. The molecule has 5 heteroatoms. The summed E-state index contributed by atoms with van der Waals surface area (Å²) >= 11 is 0. The number of benzene rings is 2. The lowest BCUT2D eigenvalue weighted by molar-refractivity contribution is -0.133. The fraction of sp³-hybridized carbons (Fsp3) is 0.278. The molecule has 23 heavy (non-hydrogen) atoms. The SMILES string of the molecule is CN(C)C(=O)C(CCN=[N+]=[N-])(c1ccccc1)c1ccccc1. The molecule has 0 aromatic heterocycles. The smallest absolute Gasteiger partial charge is 0.237 e. The maximum absolute atomic E-state index is 13.2. The van der Waals surface area contributed by atoms with E-state index in [1.54, 1.807) is 19.0 Å². The number of amides is 1. The molecule has 0 spiro atoms. The van der Waals surface area contributed by atoms with E-state index in [1.807, 2.05) is 60.7 Å². The van der Waals surface area contributed by atoms with Crippen LogP contribution in [0, 0.1) is 0 Å². The summed E-state index contributed by atoms with van der Waals surface area (Å²) in [6, 6.07) is 19.3. The van der Waals surface area contributed by atoms with Crippen LogP contribution < -0.4 is 0 Å². The van der Waals surface area contributed by atoms with Gasteiger partial charge in [-0.05, 0) is 23.1 Å². The summed E-state index contributed by atoms with van der Waals surface area (Å²) in [5, 5.41) is 3.66. The molecule has 5 nitrogen and oxygen atoms in total. The van der Waals surface area contributed by atoms with Gasteiger partial charge in [0, 0.05) is 25.6 Å². The molecule has 0 radical (unpaired) electrons. The van der Waals surface area contributed by atoms with Crippen LogP contribution in [0.15, 0.2) is 65.8 Å². The average Bonchev–Trinajstić information content (AvgIpc) is 2.60. The van der Waals surface area contributed by atoms with E-state index >= 15 is 0 Å². The first-order chi connectivity index (χ1) is 11.1. The Labute approximate surface area is 136 Å². The van der Waals surface area contributed by atoms with E-state index < -0.39 is 5.41 Å². The Kier molecular flexibility index (Phi) is 5.39. The van der Waals surface area contributed by atoms with Gasteiger partial charge in [0.2, 0.25) is 5.91 Å². The molecule has 0 atom stereocenters. The van der Waals surface area contributed by atoms with Crippen molar-refractivity contribution in [3.8, 4) is 0 Å². The first kappa shape index (κ1) is 16.6. The summed E-state index contributed by atoms with van der Waals surface area (Å²) in [4.78, 5) is 17.6. The number of rotatable bonds is 6. The van der Waals surface area contributed by atoms with Gasteiger partial charge in [0.15, 0.2) is 0 Å². The minimum atomic E-state index is -0.861. The van der Waals surface area contributed by atoms with Crippen LogP contribution in [0.3, 0.4) is 0 Å². The quantitative estimate of drug-likeness (QED) is 0.455. The molecule has 118 valence electrons. The zero-order chi connectivity index (χ0) is 16.7. The highest BCUT2D eigenvalue weighted by Crippen LogP contribution is 2.37. The molecule has 0 unspecified atom stereocenters. The van der Waals surface area contributed by atoms with Crippen LogP contribution in [0.4, 0.5) is 0 Å². The predicted molar refractivity (Wildman–Crippen MR) is 91.0 cm³/mol. The number of carbonyl (C=O) groups is 1. The monoisotopic (exact) mass is 308 g/mol. The van der Waals surface area contributed by atoms with Gasteiger partial charge in [0.1, 0.15) is 0 Å². The normalized spacial score (nSPS) is 10.7. The van der Waals surface area contributed by atoms with Crippen molar-refractivity contribution in [3.63, 3.8) is 0 Å². The van der Waals surface area contributed by atoms with Gasteiger partial charge in [-0.15, -0.1) is 0 Å². The summed E-state index contributed by atoms with van der Waals surface area (Å²) in [6.45, 7) is 0.250. The summed E-state index contributed by atoms with van der Waals surface area (Å²) in [6.07, 6.45) is 0.419. The number of hydrogen-bond donors (Lipinski definition) is 0. The van der Waals surface area contributed by atoms with Crippen LogP contribution in [-0.4, -0.2) is 31.4 Å². The lowest BCUT2D eigenvalue weighted by Gasteiger charge is -2.35. The van der Waals surface area contributed by atoms with Gasteiger partial charge < -0.3 is 4.90 Å². The Hall–Kier alpha value is -2.78. The highest BCUT2D eigenvalue weighted by atomic mass is 16.2. The van der Waals surface area contributed by atoms with E-state index in [-0.39, 0.29) is 12.5 Å². The second kappa shape index (κ2) is 7.47. The lowest BCUT2D eigenvalue weighted by Crippen LogP contribution is -2.45. The highest BCUT2D eigenvalue weighted by Gasteiger charge is 2.42. The van der Waals surface area contributed by atoms with Gasteiger partial charge >= 0.3 is 0 Å². The molecule has 0 aliphatic carbocycles. The van der Waals surface area contributed by atoms with E-state index in [2.05, 4.69) is 10.0 Å². The number of nitrogens with zero attached hydrogens (tertiary/aromatic N) is 4. The van der Waals surface area contributed by atoms with E-state index in [0.717, 1.165) is 11.1 Å². The van der Waals surface area contributed by atoms with Crippen LogP contribution >= 0.6 is 0 Å². The Morgan fingerprint density at radius 3 is 1.91 bits per heavy atom. The molecule has 0 saturated heterocycles. The van der Waals surface area contributed by atoms with E-state index in [0.29, 0.717) is 6.42 Å². The molecule has 2 rings (SSSR count). The first-order valence-corrected chi connectivity index (χ1v) is 7.46. The van der Waals surface area contributed by atoms with Gasteiger partial charge in [0.25, 0.3) is 0 Å². The van der Waals surface area contributed by atoms with Crippen LogP contribution in [0.25, 0.3) is 10.4 Å². The zero-order valence-electron chi connectivity index (χ0n) is 13.4. The zero-order valence-corrected chi connectivity index (χ0v) is 13.4. The van der Waals surface area contributed by atoms with Gasteiger partial charge in [-0.3, -0.25) is 4.79 Å². The minimum Gasteiger partial charge on any atom is -0.348 e. The highest BCUT2D eigenvalue weighted by molar-refractivity contribution is 5.91. The Bertz CT molecular complexity index is 652. The van der Waals surface area contributed by atoms with Crippen LogP contribution in [-0.2, 0) is 10.2 Å². The summed E-state index contributed by atoms with van der Waals surface area (Å²) in [5.74, 6) is -0.0250. The van der Waals surface area contributed by atoms with Crippen molar-refractivity contribution in [2.45, 2.75) is 11.8 Å². The third kappa shape index (κ3) is 3.35. The van der Waals surface area contributed by atoms with Gasteiger partial charge in [0.05, 0.1) is 5.41 Å². The van der Waals surface area contributed by atoms with Crippen molar-refractivity contribution < 1.29 is 4.79 Å². The molecule has 0 heterocycles. The van der Waals surface area contributed by atoms with Crippen LogP contribution in [0.1, 0.15) is 17.5 Å². The molecule has 0 aliphatic heterocycles. The van der Waals surface area contributed by atoms with Crippen molar-refractivity contribution in [2.24, 2.45) is 5.11 Å². The fourth-order valence-corrected chi connectivity index (χ4v) is 2.90. The maximum atomic E-state index is 13.2. The fourth-order valence-electron chi connectivity index (χ4n) is 2.90. The molecule has 0 saturated carbocycles. The second-order valence-electron chi connectivity index (χ2n) is 5.54. The van der Waals surface area contributed by atoms with E-state index in [9.17, 15) is 4.79 Å². The number of carbonyl (C=O) groups excluding carboxylic acids is 1. The van der Waals surface area contributed by atoms with Gasteiger partial charge in [-0.1, -0.05) is 65.8 Å². The molecule has 0 bridgehead atoms. The van der Waals surface area contributed by atoms with E-state index in [4.69, 9.17) is 5.53 Å². The molecule has 2 aromatic rings. The molecule has 1 amide bonds. The molecule has 0 N–H and O–H groups in total. The third-order valence-corrected chi connectivity index (χ3v) is 3.95. The summed E-state index contributed by atoms with van der Waals surface area (Å²) in [7, 11) is 3.49. The van der Waals surface area contributed by atoms with Crippen LogP contribution in [0.2, 0.25) is 0 Å². The van der Waals surface area contributed by atoms with Gasteiger partial charge in [-0.2, -0.15) is 0 Å². The molecular formula is C18H20N4O. The third-order valence-electron chi connectivity index (χ3n) is 3.95. The largest absolute Gasteiger partial charge is 0.348 e. The molecule has 0 fully saturated rings. The van der Waals surface area contributed by atoms with Crippen molar-refractivity contribution in [2.75, 3.05) is 20.6 Å². The van der Waals surface area contributed by atoms with Crippen molar-refractivity contribution in [1.82, 2.24) is 4.90 Å². The molecular weight excluding hydrogens is 288 g/mol. The number of azide groups is 1. The van der Waals surface area contributed by atoms with E-state index in [1.165, 1.54) is 0 Å². The minimum absolute atomic E-state index is 0.0250. The first-order valence-electron chi connectivity index (χ1n) is 7.46. The summed E-state index contributed by atoms with van der Waals surface area (Å²) in [5.41, 5.74) is 9.56. The molecule has 2 aromatic carbocycles. The van der Waals surface area contributed by atoms with Crippen LogP contribution in [0.5, 0.6) is 0 Å². The van der Waals surface area contributed by atoms with Crippen molar-refractivity contribution in [3.05, 3.63) is 82.2 Å². The van der Waals surface area contributed by atoms with Crippen molar-refractivity contribution in [1.29, 1.82) is 0 Å². The summed E-state index contributed by atoms with van der Waals surface area (Å²) < 4.78 is 0. The average molecular weight is 308 g/mol. The topological polar surface area (TPSA) is 69.1 Å². The molecule has 0 aliphatic rings. The Balaban J connectivity index is 2.67. The number of hydrogen-bond acceptors (Lipinski definition) is 2. The Morgan fingerprint density at radius 1 is 1.04 bits per heavy atom. The number of likely N-dealkylation sites (N-methyl/N-ethyl adjacent to an activating group) is 1. The standard InChI is InChI=1S/C18H20N4O/c1-22(2)17(23)18(13-14-20-21-19,15-9-5-3-6-10-15)16-11-7-4-8-12-16/h3-12H,13-14H2,1-2H3. The maximum Gasteiger partial charge on any atom is 0.237 e. The predicted octanol–water partition coefficient (Wildman–Crippen LogP) is 3.76. The second-order valence-corrected chi connectivity index (χ2v) is 5.54. The Morgan fingerprint density at radius 2 is 1.52 bits per heavy atom.